The van der Waals surface area contributed by atoms with E-state index in [1.165, 1.54) is 17.1 Å². The zero-order chi connectivity index (χ0) is 13.2. The molecule has 1 aliphatic rings. The highest BCUT2D eigenvalue weighted by molar-refractivity contribution is 7.89. The molecule has 0 spiro atoms. The SMILES string of the molecule is O=C(O)CCn1cc(S(=O)(=O)NCC2CC2)cn1. The molecule has 0 bridgehead atoms. The van der Waals surface area contributed by atoms with Crippen LogP contribution in [0.2, 0.25) is 0 Å². The van der Waals surface area contributed by atoms with Gasteiger partial charge in [-0.05, 0) is 18.8 Å². The van der Waals surface area contributed by atoms with Gasteiger partial charge in [0.15, 0.2) is 0 Å². The van der Waals surface area contributed by atoms with Gasteiger partial charge in [-0.1, -0.05) is 0 Å². The molecular formula is C10H15N3O4S. The smallest absolute Gasteiger partial charge is 0.305 e. The lowest BCUT2D eigenvalue weighted by Gasteiger charge is -2.02. The first-order chi connectivity index (χ1) is 8.47. The highest BCUT2D eigenvalue weighted by atomic mass is 32.2. The average molecular weight is 273 g/mol. The number of hydrogen-bond donors (Lipinski definition) is 2. The van der Waals surface area contributed by atoms with Crippen molar-refractivity contribution in [3.05, 3.63) is 12.4 Å². The van der Waals surface area contributed by atoms with Gasteiger partial charge in [0.05, 0.1) is 19.2 Å². The standard InChI is InChI=1S/C10H15N3O4S/c14-10(15)3-4-13-7-9(6-11-13)18(16,17)12-5-8-1-2-8/h6-8,12H,1-5H2,(H,14,15). The number of nitrogens with one attached hydrogen (secondary N) is 1. The van der Waals surface area contributed by atoms with Crippen LogP contribution in [0.1, 0.15) is 19.3 Å². The molecule has 1 aliphatic carbocycles. The van der Waals surface area contributed by atoms with Crippen molar-refractivity contribution in [1.82, 2.24) is 14.5 Å². The predicted molar refractivity (Wildman–Crippen MR) is 62.4 cm³/mol. The third-order valence-corrected chi connectivity index (χ3v) is 4.11. The molecule has 8 heteroatoms. The van der Waals surface area contributed by atoms with Crippen molar-refractivity contribution in [3.8, 4) is 0 Å². The van der Waals surface area contributed by atoms with Crippen molar-refractivity contribution in [3.63, 3.8) is 0 Å². The summed E-state index contributed by atoms with van der Waals surface area (Å²) in [6.45, 7) is 0.621. The summed E-state index contributed by atoms with van der Waals surface area (Å²) in [4.78, 5) is 10.5. The maximum Gasteiger partial charge on any atom is 0.305 e. The summed E-state index contributed by atoms with van der Waals surface area (Å²) in [7, 11) is -3.51. The molecular weight excluding hydrogens is 258 g/mol. The second-order valence-electron chi connectivity index (χ2n) is 4.38. The molecule has 1 heterocycles. The number of carboxylic acids is 1. The van der Waals surface area contributed by atoms with Gasteiger partial charge >= 0.3 is 5.97 Å². The van der Waals surface area contributed by atoms with E-state index in [-0.39, 0.29) is 17.9 Å². The van der Waals surface area contributed by atoms with Crippen LogP contribution < -0.4 is 4.72 Å². The van der Waals surface area contributed by atoms with Crippen molar-refractivity contribution >= 4 is 16.0 Å². The van der Waals surface area contributed by atoms with Gasteiger partial charge in [-0.2, -0.15) is 5.10 Å². The molecule has 1 saturated carbocycles. The van der Waals surface area contributed by atoms with Gasteiger partial charge in [-0.25, -0.2) is 13.1 Å². The molecule has 7 nitrogen and oxygen atoms in total. The number of sulfonamides is 1. The summed E-state index contributed by atoms with van der Waals surface area (Å²) in [6.07, 6.45) is 4.63. The van der Waals surface area contributed by atoms with E-state index in [1.807, 2.05) is 0 Å². The van der Waals surface area contributed by atoms with E-state index in [9.17, 15) is 13.2 Å². The Morgan fingerprint density at radius 2 is 2.28 bits per heavy atom. The second-order valence-corrected chi connectivity index (χ2v) is 6.15. The number of aryl methyl sites for hydroxylation is 1. The topological polar surface area (TPSA) is 101 Å². The summed E-state index contributed by atoms with van der Waals surface area (Å²) < 4.78 is 27.5. The van der Waals surface area contributed by atoms with Crippen LogP contribution in [0.4, 0.5) is 0 Å². The molecule has 100 valence electrons. The van der Waals surface area contributed by atoms with Crippen LogP contribution in [0.25, 0.3) is 0 Å². The highest BCUT2D eigenvalue weighted by Gasteiger charge is 2.24. The minimum Gasteiger partial charge on any atom is -0.481 e. The van der Waals surface area contributed by atoms with E-state index in [1.54, 1.807) is 0 Å². The monoisotopic (exact) mass is 273 g/mol. The van der Waals surface area contributed by atoms with Crippen molar-refractivity contribution in [2.75, 3.05) is 6.54 Å². The Labute approximate surface area is 105 Å². The lowest BCUT2D eigenvalue weighted by atomic mass is 10.4. The van der Waals surface area contributed by atoms with Gasteiger partial charge in [-0.3, -0.25) is 9.48 Å². The molecule has 2 rings (SSSR count). The zero-order valence-electron chi connectivity index (χ0n) is 9.74. The number of aliphatic carboxylic acids is 1. The molecule has 0 atom stereocenters. The van der Waals surface area contributed by atoms with Gasteiger partial charge in [-0.15, -0.1) is 0 Å². The van der Waals surface area contributed by atoms with Gasteiger partial charge in [0.1, 0.15) is 4.90 Å². The third-order valence-electron chi connectivity index (χ3n) is 2.73. The van der Waals surface area contributed by atoms with Crippen molar-refractivity contribution in [1.29, 1.82) is 0 Å². The lowest BCUT2D eigenvalue weighted by Crippen LogP contribution is -2.25. The number of rotatable bonds is 7. The van der Waals surface area contributed by atoms with Crippen LogP contribution in [0, 0.1) is 5.92 Å². The van der Waals surface area contributed by atoms with Gasteiger partial charge in [0.25, 0.3) is 0 Å². The Kier molecular flexibility index (Phi) is 3.67. The molecule has 1 aromatic rings. The number of nitrogens with zero attached hydrogens (tertiary/aromatic N) is 2. The molecule has 0 aromatic carbocycles. The van der Waals surface area contributed by atoms with Crippen LogP contribution in [-0.2, 0) is 21.4 Å². The van der Waals surface area contributed by atoms with Gasteiger partial charge < -0.3 is 5.11 Å². The fraction of sp³-hybridized carbons (Fsp3) is 0.600. The molecule has 0 aliphatic heterocycles. The van der Waals surface area contributed by atoms with E-state index in [2.05, 4.69) is 9.82 Å². The normalized spacial score (nSPS) is 15.8. The van der Waals surface area contributed by atoms with E-state index in [4.69, 9.17) is 5.11 Å². The summed E-state index contributed by atoms with van der Waals surface area (Å²) in [5.41, 5.74) is 0. The maximum atomic E-state index is 11.8. The largest absolute Gasteiger partial charge is 0.481 e. The summed E-state index contributed by atoms with van der Waals surface area (Å²) in [5.74, 6) is -0.483. The molecule has 0 unspecified atom stereocenters. The van der Waals surface area contributed by atoms with Crippen molar-refractivity contribution in [2.45, 2.75) is 30.7 Å². The van der Waals surface area contributed by atoms with Crippen LogP contribution in [0.3, 0.4) is 0 Å². The van der Waals surface area contributed by atoms with Gasteiger partial charge in [0.2, 0.25) is 10.0 Å². The quantitative estimate of drug-likeness (QED) is 0.730. The van der Waals surface area contributed by atoms with E-state index in [0.717, 1.165) is 12.8 Å². The first-order valence-corrected chi connectivity index (χ1v) is 7.19. The van der Waals surface area contributed by atoms with Gasteiger partial charge in [0, 0.05) is 12.7 Å². The molecule has 1 fully saturated rings. The van der Waals surface area contributed by atoms with Crippen LogP contribution in [0.15, 0.2) is 17.3 Å². The fourth-order valence-electron chi connectivity index (χ4n) is 1.45. The van der Waals surface area contributed by atoms with Crippen LogP contribution >= 0.6 is 0 Å². The highest BCUT2D eigenvalue weighted by Crippen LogP contribution is 2.28. The number of carboxylic acid groups (broad SMARTS) is 1. The predicted octanol–water partition coefficient (Wildman–Crippen LogP) is 0.0461. The summed E-state index contributed by atoms with van der Waals surface area (Å²) in [5, 5.41) is 12.4. The van der Waals surface area contributed by atoms with Crippen molar-refractivity contribution in [2.24, 2.45) is 5.92 Å². The first-order valence-electron chi connectivity index (χ1n) is 5.71. The number of carbonyl (C=O) groups is 1. The molecule has 0 amide bonds. The molecule has 2 N–H and O–H groups in total. The first kappa shape index (κ1) is 13.0. The zero-order valence-corrected chi connectivity index (χ0v) is 10.6. The Hall–Kier alpha value is -1.41. The van der Waals surface area contributed by atoms with Crippen molar-refractivity contribution < 1.29 is 18.3 Å². The number of aromatic nitrogens is 2. The second kappa shape index (κ2) is 5.07. The molecule has 1 aromatic heterocycles. The van der Waals surface area contributed by atoms with Crippen LogP contribution in [0.5, 0.6) is 0 Å². The minimum absolute atomic E-state index is 0.0774. The number of hydrogen-bond acceptors (Lipinski definition) is 4. The molecule has 18 heavy (non-hydrogen) atoms. The lowest BCUT2D eigenvalue weighted by molar-refractivity contribution is -0.137. The van der Waals surface area contributed by atoms with E-state index in [0.29, 0.717) is 12.5 Å². The van der Waals surface area contributed by atoms with Crippen LogP contribution in [-0.4, -0.2) is 35.8 Å². The Balaban J connectivity index is 1.96. The summed E-state index contributed by atoms with van der Waals surface area (Å²) >= 11 is 0. The van der Waals surface area contributed by atoms with E-state index >= 15 is 0 Å². The van der Waals surface area contributed by atoms with E-state index < -0.39 is 16.0 Å². The maximum absolute atomic E-state index is 11.8. The average Bonchev–Trinajstić information content (AvgIpc) is 3.00. The molecule has 0 radical (unpaired) electrons. The summed E-state index contributed by atoms with van der Waals surface area (Å²) in [6, 6.07) is 0. The molecule has 0 saturated heterocycles. The Bertz CT molecular complexity index is 533. The Morgan fingerprint density at radius 3 is 2.89 bits per heavy atom. The third kappa shape index (κ3) is 3.54. The fourth-order valence-corrected chi connectivity index (χ4v) is 2.52. The minimum atomic E-state index is -3.51. The Morgan fingerprint density at radius 1 is 1.56 bits per heavy atom.